The number of likely N-dealkylation sites (tertiary alicyclic amines) is 1. The van der Waals surface area contributed by atoms with E-state index in [1.807, 2.05) is 0 Å². The summed E-state index contributed by atoms with van der Waals surface area (Å²) < 4.78 is 6.77. The maximum absolute atomic E-state index is 12.9. The van der Waals surface area contributed by atoms with E-state index in [0.29, 0.717) is 23.7 Å². The lowest BCUT2D eigenvalue weighted by Gasteiger charge is -2.35. The molecule has 1 aliphatic rings. The van der Waals surface area contributed by atoms with Crippen molar-refractivity contribution in [3.63, 3.8) is 0 Å². The summed E-state index contributed by atoms with van der Waals surface area (Å²) in [4.78, 5) is 26.8. The van der Waals surface area contributed by atoms with Crippen LogP contribution < -0.4 is 5.32 Å². The number of rotatable bonds is 4. The number of amides is 2. The molecule has 1 aromatic rings. The molecule has 1 N–H and O–H groups in total. The number of halogens is 1. The van der Waals surface area contributed by atoms with Gasteiger partial charge >= 0.3 is 0 Å². The Balaban J connectivity index is 2.42. The van der Waals surface area contributed by atoms with Gasteiger partial charge in [0.1, 0.15) is 5.54 Å². The molecular weight excluding hydrogens is 308 g/mol. The van der Waals surface area contributed by atoms with Gasteiger partial charge in [-0.25, -0.2) is 0 Å². The summed E-state index contributed by atoms with van der Waals surface area (Å²) in [6.45, 7) is 2.40. The number of nitrogens with one attached hydrogen (secondary N) is 1. The number of hydrogen-bond acceptors (Lipinski definition) is 4. The molecule has 122 valence electrons. The summed E-state index contributed by atoms with van der Waals surface area (Å²) in [6.07, 6.45) is 1.28. The summed E-state index contributed by atoms with van der Waals surface area (Å²) >= 11 is 6.21. The number of aromatic nitrogens is 2. The molecule has 2 amide bonds. The van der Waals surface area contributed by atoms with Gasteiger partial charge in [0.15, 0.2) is 5.69 Å². The average molecular weight is 329 g/mol. The normalized spacial score (nSPS) is 21.2. The third kappa shape index (κ3) is 2.48. The maximum atomic E-state index is 12.9. The van der Waals surface area contributed by atoms with Crippen molar-refractivity contribution in [1.82, 2.24) is 20.0 Å². The van der Waals surface area contributed by atoms with E-state index in [1.54, 1.807) is 25.7 Å². The molecule has 1 atom stereocenters. The largest absolute Gasteiger partial charge is 0.382 e. The van der Waals surface area contributed by atoms with Crippen molar-refractivity contribution in [2.45, 2.75) is 25.3 Å². The van der Waals surface area contributed by atoms with Crippen molar-refractivity contribution in [1.29, 1.82) is 0 Å². The number of carbonyl (C=O) groups is 2. The number of methoxy groups -OCH3 is 1. The summed E-state index contributed by atoms with van der Waals surface area (Å²) in [5.74, 6) is -0.573. The minimum atomic E-state index is -1.00. The number of hydrogen-bond donors (Lipinski definition) is 1. The number of nitrogens with zero attached hydrogens (tertiary/aromatic N) is 3. The first-order valence-electron chi connectivity index (χ1n) is 7.11. The zero-order valence-corrected chi connectivity index (χ0v) is 14.0. The summed E-state index contributed by atoms with van der Waals surface area (Å²) in [5, 5.41) is 7.14. The van der Waals surface area contributed by atoms with Gasteiger partial charge in [-0.2, -0.15) is 5.10 Å². The Morgan fingerprint density at radius 2 is 2.18 bits per heavy atom. The highest BCUT2D eigenvalue weighted by molar-refractivity contribution is 6.34. The van der Waals surface area contributed by atoms with Crippen molar-refractivity contribution < 1.29 is 14.3 Å². The van der Waals surface area contributed by atoms with Crippen LogP contribution in [-0.2, 0) is 16.6 Å². The molecule has 1 aliphatic heterocycles. The minimum Gasteiger partial charge on any atom is -0.382 e. The highest BCUT2D eigenvalue weighted by Crippen LogP contribution is 2.33. The summed E-state index contributed by atoms with van der Waals surface area (Å²) in [7, 11) is 4.80. The van der Waals surface area contributed by atoms with Crippen molar-refractivity contribution in [3.05, 3.63) is 16.4 Å². The van der Waals surface area contributed by atoms with Crippen LogP contribution in [0.4, 0.5) is 0 Å². The van der Waals surface area contributed by atoms with Crippen LogP contribution in [0.3, 0.4) is 0 Å². The molecule has 0 spiro atoms. The molecule has 1 unspecified atom stereocenters. The first-order chi connectivity index (χ1) is 10.4. The van der Waals surface area contributed by atoms with E-state index in [2.05, 4.69) is 10.4 Å². The molecule has 0 radical (unpaired) electrons. The molecule has 1 saturated heterocycles. The van der Waals surface area contributed by atoms with Gasteiger partial charge in [0.25, 0.3) is 5.91 Å². The lowest BCUT2D eigenvalue weighted by molar-refractivity contribution is -0.133. The van der Waals surface area contributed by atoms with E-state index in [1.165, 1.54) is 12.0 Å². The van der Waals surface area contributed by atoms with Crippen LogP contribution in [0.15, 0.2) is 0 Å². The van der Waals surface area contributed by atoms with Gasteiger partial charge in [-0.3, -0.25) is 14.3 Å². The molecule has 0 saturated carbocycles. The molecule has 0 aromatic carbocycles. The SMILES string of the molecule is CNC(=O)C1(COC)CCCN1C(=O)c1nn(C)c(C)c1Cl. The fourth-order valence-corrected chi connectivity index (χ4v) is 3.19. The van der Waals surface area contributed by atoms with Gasteiger partial charge < -0.3 is 15.0 Å². The predicted molar refractivity (Wildman–Crippen MR) is 81.9 cm³/mol. The Labute approximate surface area is 134 Å². The van der Waals surface area contributed by atoms with Gasteiger partial charge in [-0.15, -0.1) is 0 Å². The van der Waals surface area contributed by atoms with Crippen molar-refractivity contribution >= 4 is 23.4 Å². The average Bonchev–Trinajstić information content (AvgIpc) is 3.04. The summed E-state index contributed by atoms with van der Waals surface area (Å²) in [5.41, 5.74) is -0.121. The van der Waals surface area contributed by atoms with Gasteiger partial charge in [0, 0.05) is 27.7 Å². The van der Waals surface area contributed by atoms with Gasteiger partial charge in [-0.1, -0.05) is 11.6 Å². The van der Waals surface area contributed by atoms with Gasteiger partial charge in [-0.05, 0) is 19.8 Å². The fraction of sp³-hybridized carbons (Fsp3) is 0.643. The maximum Gasteiger partial charge on any atom is 0.276 e. The van der Waals surface area contributed by atoms with E-state index in [-0.39, 0.29) is 24.1 Å². The molecule has 1 fully saturated rings. The Hall–Kier alpha value is -1.60. The predicted octanol–water partition coefficient (Wildman–Crippen LogP) is 0.749. The first-order valence-corrected chi connectivity index (χ1v) is 7.49. The Kier molecular flexibility index (Phi) is 4.77. The topological polar surface area (TPSA) is 76.5 Å². The quantitative estimate of drug-likeness (QED) is 0.885. The van der Waals surface area contributed by atoms with E-state index in [9.17, 15) is 9.59 Å². The Bertz CT molecular complexity index is 601. The third-order valence-corrected chi connectivity index (χ3v) is 4.68. The molecule has 8 heteroatoms. The zero-order valence-electron chi connectivity index (χ0n) is 13.3. The van der Waals surface area contributed by atoms with E-state index in [4.69, 9.17) is 16.3 Å². The first kappa shape index (κ1) is 16.8. The smallest absolute Gasteiger partial charge is 0.276 e. The van der Waals surface area contributed by atoms with Crippen LogP contribution in [0.25, 0.3) is 0 Å². The fourth-order valence-electron chi connectivity index (χ4n) is 2.94. The second-order valence-electron chi connectivity index (χ2n) is 5.48. The molecule has 7 nitrogen and oxygen atoms in total. The monoisotopic (exact) mass is 328 g/mol. The molecule has 22 heavy (non-hydrogen) atoms. The van der Waals surface area contributed by atoms with Crippen LogP contribution in [0.2, 0.25) is 5.02 Å². The van der Waals surface area contributed by atoms with Crippen molar-refractivity contribution in [3.8, 4) is 0 Å². The number of carbonyl (C=O) groups excluding carboxylic acids is 2. The van der Waals surface area contributed by atoms with E-state index in [0.717, 1.165) is 6.42 Å². The zero-order chi connectivity index (χ0) is 16.5. The lowest BCUT2D eigenvalue weighted by atomic mass is 9.95. The number of aryl methyl sites for hydroxylation is 1. The van der Waals surface area contributed by atoms with Crippen LogP contribution >= 0.6 is 11.6 Å². The second-order valence-corrected chi connectivity index (χ2v) is 5.85. The third-order valence-electron chi connectivity index (χ3n) is 4.23. The standard InChI is InChI=1S/C14H21ClN4O3/c1-9-10(15)11(17-18(9)3)12(20)19-7-5-6-14(19,8-22-4)13(21)16-2/h5-8H2,1-4H3,(H,16,21). The second kappa shape index (κ2) is 6.26. The Morgan fingerprint density at radius 1 is 1.50 bits per heavy atom. The van der Waals surface area contributed by atoms with Gasteiger partial charge in [0.05, 0.1) is 17.3 Å². The molecule has 0 aliphatic carbocycles. The van der Waals surface area contributed by atoms with Crippen LogP contribution in [0, 0.1) is 6.92 Å². The van der Waals surface area contributed by atoms with Crippen LogP contribution in [0.5, 0.6) is 0 Å². The number of likely N-dealkylation sites (N-methyl/N-ethyl adjacent to an activating group) is 1. The molecular formula is C14H21ClN4O3. The Morgan fingerprint density at radius 3 is 2.68 bits per heavy atom. The summed E-state index contributed by atoms with van der Waals surface area (Å²) in [6, 6.07) is 0. The number of ether oxygens (including phenoxy) is 1. The van der Waals surface area contributed by atoms with Gasteiger partial charge in [0.2, 0.25) is 5.91 Å². The molecule has 2 rings (SSSR count). The minimum absolute atomic E-state index is 0.141. The van der Waals surface area contributed by atoms with Crippen molar-refractivity contribution in [2.75, 3.05) is 27.3 Å². The molecule has 1 aromatic heterocycles. The van der Waals surface area contributed by atoms with Crippen LogP contribution in [-0.4, -0.2) is 59.3 Å². The molecule has 2 heterocycles. The highest BCUT2D eigenvalue weighted by Gasteiger charge is 2.50. The van der Waals surface area contributed by atoms with Crippen LogP contribution in [0.1, 0.15) is 29.0 Å². The van der Waals surface area contributed by atoms with E-state index < -0.39 is 5.54 Å². The highest BCUT2D eigenvalue weighted by atomic mass is 35.5. The van der Waals surface area contributed by atoms with Crippen molar-refractivity contribution in [2.24, 2.45) is 7.05 Å². The van der Waals surface area contributed by atoms with E-state index >= 15 is 0 Å². The lowest BCUT2D eigenvalue weighted by Crippen LogP contribution is -2.59. The molecule has 0 bridgehead atoms.